The van der Waals surface area contributed by atoms with E-state index in [1.165, 1.54) is 4.90 Å². The fraction of sp³-hybridized carbons (Fsp3) is 0.474. The van der Waals surface area contributed by atoms with E-state index in [4.69, 9.17) is 4.74 Å². The molecular formula is C19H26N2O4. The van der Waals surface area contributed by atoms with Gasteiger partial charge < -0.3 is 20.1 Å². The normalized spacial score (nSPS) is 16.4. The molecule has 0 unspecified atom stereocenters. The van der Waals surface area contributed by atoms with Crippen LogP contribution in [0.4, 0.5) is 4.79 Å². The Hall–Kier alpha value is -2.50. The third kappa shape index (κ3) is 5.24. The molecule has 1 amide bonds. The van der Waals surface area contributed by atoms with E-state index in [0.717, 1.165) is 5.56 Å². The molecule has 6 nitrogen and oxygen atoms in total. The van der Waals surface area contributed by atoms with Crippen LogP contribution in [0.3, 0.4) is 0 Å². The van der Waals surface area contributed by atoms with Crippen molar-refractivity contribution in [2.75, 3.05) is 13.1 Å². The predicted molar refractivity (Wildman–Crippen MR) is 95.1 cm³/mol. The maximum Gasteiger partial charge on any atom is 0.410 e. The largest absolute Gasteiger partial charge is 0.478 e. The van der Waals surface area contributed by atoms with E-state index in [9.17, 15) is 14.7 Å². The highest BCUT2D eigenvalue weighted by Gasteiger charge is 2.30. The number of carboxylic acids is 1. The number of nitrogens with zero attached hydrogens (tertiary/aromatic N) is 1. The van der Waals surface area contributed by atoms with Gasteiger partial charge in [-0.3, -0.25) is 0 Å². The Kier molecular flexibility index (Phi) is 5.72. The molecule has 1 atom stereocenters. The zero-order chi connectivity index (χ0) is 18.6. The van der Waals surface area contributed by atoms with Crippen LogP contribution in [0.5, 0.6) is 0 Å². The molecule has 6 heteroatoms. The molecular weight excluding hydrogens is 320 g/mol. The van der Waals surface area contributed by atoms with Gasteiger partial charge in [0, 0.05) is 24.7 Å². The molecule has 1 heterocycles. The Bertz CT molecular complexity index is 662. The first-order chi connectivity index (χ1) is 11.7. The number of nitrogens with one attached hydrogen (secondary N) is 1. The van der Waals surface area contributed by atoms with Crippen molar-refractivity contribution in [2.45, 2.75) is 45.8 Å². The van der Waals surface area contributed by atoms with Gasteiger partial charge in [-0.1, -0.05) is 30.3 Å². The van der Waals surface area contributed by atoms with Crippen LogP contribution in [0.1, 0.15) is 45.7 Å². The molecule has 0 saturated carbocycles. The van der Waals surface area contributed by atoms with Gasteiger partial charge in [0.15, 0.2) is 0 Å². The Morgan fingerprint density at radius 1 is 1.24 bits per heavy atom. The van der Waals surface area contributed by atoms with Gasteiger partial charge in [0.2, 0.25) is 0 Å². The number of ether oxygens (including phenoxy) is 1. The van der Waals surface area contributed by atoms with E-state index in [-0.39, 0.29) is 18.2 Å². The molecule has 0 radical (unpaired) electrons. The minimum Gasteiger partial charge on any atom is -0.478 e. The summed E-state index contributed by atoms with van der Waals surface area (Å²) >= 11 is 0. The van der Waals surface area contributed by atoms with Crippen molar-refractivity contribution < 1.29 is 19.4 Å². The second-order valence-corrected chi connectivity index (χ2v) is 7.19. The van der Waals surface area contributed by atoms with E-state index in [1.54, 1.807) is 20.8 Å². The lowest BCUT2D eigenvalue weighted by molar-refractivity contribution is -0.133. The van der Waals surface area contributed by atoms with Gasteiger partial charge in [-0.15, -0.1) is 0 Å². The van der Waals surface area contributed by atoms with Crippen molar-refractivity contribution in [3.05, 3.63) is 47.2 Å². The van der Waals surface area contributed by atoms with Crippen LogP contribution < -0.4 is 5.32 Å². The van der Waals surface area contributed by atoms with Crippen LogP contribution in [-0.4, -0.2) is 40.8 Å². The number of amides is 1. The third-order valence-corrected chi connectivity index (χ3v) is 3.95. The second-order valence-electron chi connectivity index (χ2n) is 7.19. The number of hydrogen-bond acceptors (Lipinski definition) is 4. The number of benzene rings is 1. The topological polar surface area (TPSA) is 78.9 Å². The van der Waals surface area contributed by atoms with Crippen molar-refractivity contribution in [3.8, 4) is 0 Å². The van der Waals surface area contributed by atoms with Gasteiger partial charge in [0.1, 0.15) is 5.60 Å². The lowest BCUT2D eigenvalue weighted by Crippen LogP contribution is -2.43. The molecule has 0 fully saturated rings. The quantitative estimate of drug-likeness (QED) is 0.874. The van der Waals surface area contributed by atoms with E-state index in [2.05, 4.69) is 5.32 Å². The van der Waals surface area contributed by atoms with Crippen molar-refractivity contribution in [1.29, 1.82) is 0 Å². The average Bonchev–Trinajstić information content (AvgIpc) is 2.54. The number of hydrogen-bond donors (Lipinski definition) is 2. The summed E-state index contributed by atoms with van der Waals surface area (Å²) in [5.41, 5.74) is 1.35. The molecule has 0 spiro atoms. The zero-order valence-corrected chi connectivity index (χ0v) is 15.2. The van der Waals surface area contributed by atoms with E-state index >= 15 is 0 Å². The molecule has 2 rings (SSSR count). The highest BCUT2D eigenvalue weighted by molar-refractivity contribution is 5.89. The first-order valence-corrected chi connectivity index (χ1v) is 8.42. The smallest absolute Gasteiger partial charge is 0.410 e. The van der Waals surface area contributed by atoms with Crippen molar-refractivity contribution in [1.82, 2.24) is 10.2 Å². The van der Waals surface area contributed by atoms with E-state index < -0.39 is 17.7 Å². The first-order valence-electron chi connectivity index (χ1n) is 8.42. The molecule has 2 N–H and O–H groups in total. The van der Waals surface area contributed by atoms with Crippen LogP contribution >= 0.6 is 0 Å². The minimum absolute atomic E-state index is 0.0152. The Morgan fingerprint density at radius 3 is 2.44 bits per heavy atom. The standard InChI is InChI=1S/C19H26N2O4/c1-13(14-8-6-5-7-9-14)20-16-10-11-21(12-15(16)17(22)23)18(24)25-19(2,3)4/h5-9,13,20H,10-12H2,1-4H3,(H,22,23)/t13-/m0/s1. The molecule has 0 aromatic heterocycles. The molecule has 1 aromatic carbocycles. The molecule has 0 aliphatic carbocycles. The van der Waals surface area contributed by atoms with Crippen LogP contribution in [0.2, 0.25) is 0 Å². The highest BCUT2D eigenvalue weighted by Crippen LogP contribution is 2.22. The van der Waals surface area contributed by atoms with Gasteiger partial charge in [0.05, 0.1) is 12.1 Å². The molecule has 1 aliphatic heterocycles. The van der Waals surface area contributed by atoms with E-state index in [0.29, 0.717) is 18.7 Å². The number of rotatable bonds is 4. The lowest BCUT2D eigenvalue weighted by atomic mass is 10.0. The summed E-state index contributed by atoms with van der Waals surface area (Å²) < 4.78 is 5.34. The first kappa shape index (κ1) is 18.8. The van der Waals surface area contributed by atoms with Gasteiger partial charge in [-0.25, -0.2) is 9.59 Å². The Morgan fingerprint density at radius 2 is 1.88 bits per heavy atom. The summed E-state index contributed by atoms with van der Waals surface area (Å²) in [5.74, 6) is -1.02. The third-order valence-electron chi connectivity index (χ3n) is 3.95. The van der Waals surface area contributed by atoms with Crippen LogP contribution in [0.15, 0.2) is 41.6 Å². The molecule has 25 heavy (non-hydrogen) atoms. The predicted octanol–water partition coefficient (Wildman–Crippen LogP) is 3.32. The fourth-order valence-corrected chi connectivity index (χ4v) is 2.69. The summed E-state index contributed by atoms with van der Waals surface area (Å²) in [7, 11) is 0. The number of aliphatic carboxylic acids is 1. The lowest BCUT2D eigenvalue weighted by Gasteiger charge is -2.32. The molecule has 1 aliphatic rings. The van der Waals surface area contributed by atoms with E-state index in [1.807, 2.05) is 37.3 Å². The number of carbonyl (C=O) groups is 2. The van der Waals surface area contributed by atoms with Crippen LogP contribution in [-0.2, 0) is 9.53 Å². The average molecular weight is 346 g/mol. The summed E-state index contributed by atoms with van der Waals surface area (Å²) in [5, 5.41) is 12.8. The highest BCUT2D eigenvalue weighted by atomic mass is 16.6. The Balaban J connectivity index is 2.13. The summed E-state index contributed by atoms with van der Waals surface area (Å²) in [6.07, 6.45) is -0.0284. The van der Waals surface area contributed by atoms with Crippen LogP contribution in [0, 0.1) is 0 Å². The maximum absolute atomic E-state index is 12.2. The monoisotopic (exact) mass is 346 g/mol. The molecule has 0 saturated heterocycles. The van der Waals surface area contributed by atoms with Crippen molar-refractivity contribution in [2.24, 2.45) is 0 Å². The molecule has 1 aromatic rings. The zero-order valence-electron chi connectivity index (χ0n) is 15.2. The molecule has 0 bridgehead atoms. The minimum atomic E-state index is -1.02. The Labute approximate surface area is 148 Å². The summed E-state index contributed by atoms with van der Waals surface area (Å²) in [6.45, 7) is 7.82. The van der Waals surface area contributed by atoms with Gasteiger partial charge in [-0.05, 0) is 33.3 Å². The fourth-order valence-electron chi connectivity index (χ4n) is 2.69. The summed E-state index contributed by atoms with van der Waals surface area (Å²) in [4.78, 5) is 25.3. The number of carbonyl (C=O) groups excluding carboxylic acids is 1. The number of carboxylic acid groups (broad SMARTS) is 1. The molecule has 136 valence electrons. The van der Waals surface area contributed by atoms with Crippen molar-refractivity contribution >= 4 is 12.1 Å². The summed E-state index contributed by atoms with van der Waals surface area (Å²) in [6, 6.07) is 9.81. The van der Waals surface area contributed by atoms with Gasteiger partial charge in [0.25, 0.3) is 0 Å². The van der Waals surface area contributed by atoms with Gasteiger partial charge >= 0.3 is 12.1 Å². The second kappa shape index (κ2) is 7.59. The maximum atomic E-state index is 12.2. The van der Waals surface area contributed by atoms with Gasteiger partial charge in [-0.2, -0.15) is 0 Å². The van der Waals surface area contributed by atoms with Crippen molar-refractivity contribution in [3.63, 3.8) is 0 Å². The SMILES string of the molecule is C[C@H](NC1=C(C(=O)O)CN(C(=O)OC(C)(C)C)CC1)c1ccccc1. The van der Waals surface area contributed by atoms with Crippen LogP contribution in [0.25, 0.3) is 0 Å².